The minimum atomic E-state index is 0.575. The van der Waals surface area contributed by atoms with Gasteiger partial charge in [-0.2, -0.15) is 5.26 Å². The first-order chi connectivity index (χ1) is 7.35. The maximum atomic E-state index is 9.08. The van der Waals surface area contributed by atoms with E-state index >= 15 is 0 Å². The van der Waals surface area contributed by atoms with Gasteiger partial charge in [-0.15, -0.1) is 6.42 Å². The molecule has 0 aliphatic heterocycles. The van der Waals surface area contributed by atoms with Crippen LogP contribution in [0.5, 0.6) is 0 Å². The van der Waals surface area contributed by atoms with Gasteiger partial charge < -0.3 is 0 Å². The smallest absolute Gasteiger partial charge is 0.0995 e. The van der Waals surface area contributed by atoms with Gasteiger partial charge >= 0.3 is 0 Å². The molecule has 2 rings (SSSR count). The van der Waals surface area contributed by atoms with Gasteiger partial charge in [0.15, 0.2) is 0 Å². The number of terminal acetylenes is 1. The minimum Gasteiger partial charge on any atom is -0.192 e. The van der Waals surface area contributed by atoms with Crippen molar-refractivity contribution in [1.29, 1.82) is 5.26 Å². The molecule has 0 aromatic heterocycles. The number of rotatable bonds is 1. The van der Waals surface area contributed by atoms with Crippen LogP contribution in [0, 0.1) is 23.7 Å². The van der Waals surface area contributed by atoms with E-state index in [0.717, 1.165) is 11.1 Å². The molecule has 1 saturated carbocycles. The maximum absolute atomic E-state index is 9.08. The van der Waals surface area contributed by atoms with Crippen LogP contribution in [0.4, 0.5) is 0 Å². The van der Waals surface area contributed by atoms with Gasteiger partial charge in [-0.05, 0) is 36.5 Å². The molecule has 15 heavy (non-hydrogen) atoms. The highest BCUT2D eigenvalue weighted by Gasteiger charge is 2.19. The molecule has 0 spiro atoms. The second kappa shape index (κ2) is 4.20. The number of benzene rings is 1. The molecule has 1 aromatic carbocycles. The Morgan fingerprint density at radius 2 is 2.00 bits per heavy atom. The van der Waals surface area contributed by atoms with Gasteiger partial charge in [0.1, 0.15) is 0 Å². The number of nitrogens with zero attached hydrogens (tertiary/aromatic N) is 1. The third-order valence-corrected chi connectivity index (χ3v) is 3.14. The summed E-state index contributed by atoms with van der Waals surface area (Å²) in [5, 5.41) is 9.08. The summed E-state index contributed by atoms with van der Waals surface area (Å²) >= 11 is 0. The summed E-state index contributed by atoms with van der Waals surface area (Å²) in [6.45, 7) is 0. The largest absolute Gasteiger partial charge is 0.192 e. The number of nitriles is 1. The fraction of sp³-hybridized carbons (Fsp3) is 0.357. The van der Waals surface area contributed by atoms with Gasteiger partial charge in [0, 0.05) is 5.56 Å². The molecule has 1 aliphatic rings. The summed E-state index contributed by atoms with van der Waals surface area (Å²) in [7, 11) is 0. The van der Waals surface area contributed by atoms with Gasteiger partial charge in [-0.25, -0.2) is 0 Å². The van der Waals surface area contributed by atoms with E-state index in [1.54, 1.807) is 0 Å². The van der Waals surface area contributed by atoms with Crippen molar-refractivity contribution in [1.82, 2.24) is 0 Å². The molecule has 0 atom stereocenters. The molecule has 1 heteroatoms. The van der Waals surface area contributed by atoms with Crippen molar-refractivity contribution in [3.05, 3.63) is 34.9 Å². The van der Waals surface area contributed by atoms with Gasteiger partial charge in [-0.1, -0.05) is 24.8 Å². The van der Waals surface area contributed by atoms with Crippen LogP contribution in [0.15, 0.2) is 18.2 Å². The Hall–Kier alpha value is -1.73. The Bertz CT molecular complexity index is 439. The van der Waals surface area contributed by atoms with E-state index in [4.69, 9.17) is 11.7 Å². The molecule has 0 bridgehead atoms. The van der Waals surface area contributed by atoms with E-state index in [-0.39, 0.29) is 0 Å². The summed E-state index contributed by atoms with van der Waals surface area (Å²) in [6.07, 6.45) is 10.3. The molecular formula is C14H13N. The molecule has 1 nitrogen and oxygen atoms in total. The van der Waals surface area contributed by atoms with Crippen molar-refractivity contribution < 1.29 is 0 Å². The van der Waals surface area contributed by atoms with Crippen molar-refractivity contribution >= 4 is 0 Å². The van der Waals surface area contributed by atoms with Crippen LogP contribution in [-0.2, 0) is 0 Å². The highest BCUT2D eigenvalue weighted by atomic mass is 14.3. The third kappa shape index (κ3) is 1.88. The molecule has 1 aliphatic carbocycles. The molecule has 1 fully saturated rings. The van der Waals surface area contributed by atoms with Crippen LogP contribution in [0.3, 0.4) is 0 Å². The molecule has 0 N–H and O–H groups in total. The lowest BCUT2D eigenvalue weighted by molar-refractivity contribution is 0.721. The maximum Gasteiger partial charge on any atom is 0.0995 e. The van der Waals surface area contributed by atoms with Crippen molar-refractivity contribution in [2.45, 2.75) is 31.6 Å². The molecule has 0 saturated heterocycles. The predicted octanol–water partition coefficient (Wildman–Crippen LogP) is 3.20. The first kappa shape index (κ1) is 9.81. The molecule has 1 aromatic rings. The van der Waals surface area contributed by atoms with Gasteiger partial charge in [-0.3, -0.25) is 0 Å². The fourth-order valence-electron chi connectivity index (χ4n) is 2.34. The van der Waals surface area contributed by atoms with Crippen molar-refractivity contribution in [2.75, 3.05) is 0 Å². The van der Waals surface area contributed by atoms with Crippen molar-refractivity contribution in [2.24, 2.45) is 0 Å². The molecule has 74 valence electrons. The number of hydrogen-bond acceptors (Lipinski definition) is 1. The van der Waals surface area contributed by atoms with Crippen LogP contribution >= 0.6 is 0 Å². The first-order valence-electron chi connectivity index (χ1n) is 5.36. The van der Waals surface area contributed by atoms with Crippen molar-refractivity contribution in [3.63, 3.8) is 0 Å². The number of hydrogen-bond donors (Lipinski definition) is 0. The second-order valence-corrected chi connectivity index (χ2v) is 4.04. The average Bonchev–Trinajstić information content (AvgIpc) is 2.81. The second-order valence-electron chi connectivity index (χ2n) is 4.04. The SMILES string of the molecule is C#Cc1ccc(C2CCCC2)c(C#N)c1. The summed E-state index contributed by atoms with van der Waals surface area (Å²) in [6, 6.07) is 8.05. The van der Waals surface area contributed by atoms with E-state index in [1.165, 1.54) is 31.2 Å². The van der Waals surface area contributed by atoms with Crippen LogP contribution < -0.4 is 0 Å². The lowest BCUT2D eigenvalue weighted by atomic mass is 9.92. The highest BCUT2D eigenvalue weighted by molar-refractivity contribution is 5.47. The zero-order chi connectivity index (χ0) is 10.7. The van der Waals surface area contributed by atoms with E-state index in [9.17, 15) is 0 Å². The minimum absolute atomic E-state index is 0.575. The van der Waals surface area contributed by atoms with E-state index in [2.05, 4.69) is 12.0 Å². The molecule has 0 amide bonds. The molecular weight excluding hydrogens is 182 g/mol. The third-order valence-electron chi connectivity index (χ3n) is 3.14. The summed E-state index contributed by atoms with van der Waals surface area (Å²) in [4.78, 5) is 0. The normalized spacial score (nSPS) is 15.9. The fourth-order valence-corrected chi connectivity index (χ4v) is 2.34. The highest BCUT2D eigenvalue weighted by Crippen LogP contribution is 2.35. The summed E-state index contributed by atoms with van der Waals surface area (Å²) < 4.78 is 0. The topological polar surface area (TPSA) is 23.8 Å². The Balaban J connectivity index is 2.40. The zero-order valence-electron chi connectivity index (χ0n) is 8.66. The summed E-state index contributed by atoms with van der Waals surface area (Å²) in [5.41, 5.74) is 2.75. The standard InChI is InChI=1S/C14H13N/c1-2-11-7-8-14(13(9-11)10-15)12-5-3-4-6-12/h1,7-9,12H,3-6H2. The summed E-state index contributed by atoms with van der Waals surface area (Å²) in [5.74, 6) is 3.14. The van der Waals surface area contributed by atoms with Gasteiger partial charge in [0.25, 0.3) is 0 Å². The van der Waals surface area contributed by atoms with E-state index in [1.807, 2.05) is 18.2 Å². The van der Waals surface area contributed by atoms with E-state index < -0.39 is 0 Å². The lowest BCUT2D eigenvalue weighted by Gasteiger charge is -2.11. The average molecular weight is 195 g/mol. The Morgan fingerprint density at radius 3 is 2.60 bits per heavy atom. The molecule has 0 heterocycles. The Kier molecular flexibility index (Phi) is 2.75. The van der Waals surface area contributed by atoms with Crippen LogP contribution in [-0.4, -0.2) is 0 Å². The van der Waals surface area contributed by atoms with Crippen LogP contribution in [0.2, 0.25) is 0 Å². The lowest BCUT2D eigenvalue weighted by Crippen LogP contribution is -1.96. The monoisotopic (exact) mass is 195 g/mol. The van der Waals surface area contributed by atoms with Gasteiger partial charge in [0.05, 0.1) is 11.6 Å². The molecule has 0 unspecified atom stereocenters. The quantitative estimate of drug-likeness (QED) is 0.631. The zero-order valence-corrected chi connectivity index (χ0v) is 8.66. The Morgan fingerprint density at radius 1 is 1.27 bits per heavy atom. The predicted molar refractivity (Wildman–Crippen MR) is 60.3 cm³/mol. The van der Waals surface area contributed by atoms with Crippen LogP contribution in [0.1, 0.15) is 48.3 Å². The van der Waals surface area contributed by atoms with Crippen LogP contribution in [0.25, 0.3) is 0 Å². The van der Waals surface area contributed by atoms with Crippen molar-refractivity contribution in [3.8, 4) is 18.4 Å². The first-order valence-corrected chi connectivity index (χ1v) is 5.36. The Labute approximate surface area is 90.7 Å². The van der Waals surface area contributed by atoms with Gasteiger partial charge in [0.2, 0.25) is 0 Å². The molecule has 0 radical (unpaired) electrons. The van der Waals surface area contributed by atoms with E-state index in [0.29, 0.717) is 5.92 Å².